The summed E-state index contributed by atoms with van der Waals surface area (Å²) in [6.07, 6.45) is 1.63. The van der Waals surface area contributed by atoms with Crippen molar-refractivity contribution in [2.45, 2.75) is 31.8 Å². The fourth-order valence-electron chi connectivity index (χ4n) is 3.83. The van der Waals surface area contributed by atoms with Crippen LogP contribution in [0.25, 0.3) is 10.9 Å². The van der Waals surface area contributed by atoms with Crippen LogP contribution < -0.4 is 0 Å². The van der Waals surface area contributed by atoms with Crippen molar-refractivity contribution in [2.75, 3.05) is 6.54 Å². The Morgan fingerprint density at radius 2 is 1.93 bits per heavy atom. The van der Waals surface area contributed by atoms with Gasteiger partial charge >= 0.3 is 0 Å². The average molecular weight is 382 g/mol. The minimum Gasteiger partial charge on any atom is -0.494 e. The smallest absolute Gasteiger partial charge is 0.244 e. The molecule has 8 heteroatoms. The van der Waals surface area contributed by atoms with Gasteiger partial charge < -0.3 is 9.67 Å². The SMILES string of the molecule is Cc1cc(C#N)cc(C)c1S(=O)(=O)N1CCn2c(O)c3cccnc3c2C1. The number of aryl methyl sites for hydroxylation is 2. The number of sulfonamides is 1. The summed E-state index contributed by atoms with van der Waals surface area (Å²) in [6.45, 7) is 4.15. The zero-order chi connectivity index (χ0) is 19.3. The summed E-state index contributed by atoms with van der Waals surface area (Å²) in [7, 11) is -3.75. The lowest BCUT2D eigenvalue weighted by Crippen LogP contribution is -2.38. The van der Waals surface area contributed by atoms with Gasteiger partial charge in [0.25, 0.3) is 0 Å². The van der Waals surface area contributed by atoms with E-state index in [1.807, 2.05) is 0 Å². The molecule has 3 aromatic rings. The van der Waals surface area contributed by atoms with Crippen molar-refractivity contribution < 1.29 is 13.5 Å². The van der Waals surface area contributed by atoms with Gasteiger partial charge in [-0.25, -0.2) is 8.42 Å². The topological polar surface area (TPSA) is 99.2 Å². The molecule has 27 heavy (non-hydrogen) atoms. The van der Waals surface area contributed by atoms with Crippen molar-refractivity contribution in [3.8, 4) is 11.9 Å². The van der Waals surface area contributed by atoms with Crippen molar-refractivity contribution in [3.05, 3.63) is 52.8 Å². The molecule has 1 aliphatic rings. The van der Waals surface area contributed by atoms with E-state index in [0.29, 0.717) is 39.8 Å². The molecule has 0 amide bonds. The van der Waals surface area contributed by atoms with E-state index in [2.05, 4.69) is 11.1 Å². The summed E-state index contributed by atoms with van der Waals surface area (Å²) in [5.41, 5.74) is 2.85. The van der Waals surface area contributed by atoms with Crippen LogP contribution in [0, 0.1) is 25.2 Å². The van der Waals surface area contributed by atoms with Crippen LogP contribution in [0.3, 0.4) is 0 Å². The molecule has 0 unspecified atom stereocenters. The van der Waals surface area contributed by atoms with Crippen molar-refractivity contribution in [1.82, 2.24) is 13.9 Å². The van der Waals surface area contributed by atoms with E-state index in [1.165, 1.54) is 4.31 Å². The highest BCUT2D eigenvalue weighted by molar-refractivity contribution is 7.89. The first-order chi connectivity index (χ1) is 12.8. The number of benzene rings is 1. The van der Waals surface area contributed by atoms with Gasteiger partial charge in [-0.3, -0.25) is 4.98 Å². The third-order valence-corrected chi connectivity index (χ3v) is 7.14. The number of pyridine rings is 1. The Balaban J connectivity index is 1.80. The predicted molar refractivity (Wildman–Crippen MR) is 99.6 cm³/mol. The molecule has 0 saturated carbocycles. The maximum atomic E-state index is 13.3. The highest BCUT2D eigenvalue weighted by Crippen LogP contribution is 2.35. The molecule has 0 atom stereocenters. The van der Waals surface area contributed by atoms with E-state index in [-0.39, 0.29) is 23.9 Å². The van der Waals surface area contributed by atoms with Gasteiger partial charge in [0.05, 0.1) is 39.7 Å². The highest BCUT2D eigenvalue weighted by Gasteiger charge is 2.33. The predicted octanol–water partition coefficient (Wildman–Crippen LogP) is 2.43. The summed E-state index contributed by atoms with van der Waals surface area (Å²) in [6, 6.07) is 8.76. The van der Waals surface area contributed by atoms with Crippen molar-refractivity contribution in [1.29, 1.82) is 5.26 Å². The molecule has 1 aromatic carbocycles. The molecule has 1 aliphatic heterocycles. The van der Waals surface area contributed by atoms with E-state index in [4.69, 9.17) is 5.26 Å². The number of nitriles is 1. The Morgan fingerprint density at radius 1 is 1.22 bits per heavy atom. The van der Waals surface area contributed by atoms with Crippen LogP contribution in [-0.4, -0.2) is 33.9 Å². The van der Waals surface area contributed by atoms with Crippen molar-refractivity contribution in [3.63, 3.8) is 0 Å². The van der Waals surface area contributed by atoms with Crippen LogP contribution in [0.1, 0.15) is 22.4 Å². The standard InChI is InChI=1S/C19H18N4O3S/c1-12-8-14(10-20)9-13(2)18(12)27(25,26)22-6-7-23-16(11-22)17-15(19(23)24)4-3-5-21-17/h3-5,8-9,24H,6-7,11H2,1-2H3. The van der Waals surface area contributed by atoms with Crippen LogP contribution >= 0.6 is 0 Å². The molecule has 2 aromatic heterocycles. The zero-order valence-corrected chi connectivity index (χ0v) is 15.8. The number of rotatable bonds is 2. The number of hydrogen-bond donors (Lipinski definition) is 1. The Kier molecular flexibility index (Phi) is 3.94. The molecule has 0 aliphatic carbocycles. The Hall–Kier alpha value is -2.89. The summed E-state index contributed by atoms with van der Waals surface area (Å²) in [5.74, 6) is 0.121. The van der Waals surface area contributed by atoms with Crippen molar-refractivity contribution >= 4 is 20.9 Å². The van der Waals surface area contributed by atoms with Crippen LogP contribution in [-0.2, 0) is 23.1 Å². The molecule has 3 heterocycles. The Morgan fingerprint density at radius 3 is 2.59 bits per heavy atom. The van der Waals surface area contributed by atoms with Gasteiger partial charge in [0.2, 0.25) is 15.9 Å². The van der Waals surface area contributed by atoms with Gasteiger partial charge in [-0.15, -0.1) is 0 Å². The van der Waals surface area contributed by atoms with Gasteiger partial charge in [0.15, 0.2) is 0 Å². The lowest BCUT2D eigenvalue weighted by molar-refractivity contribution is 0.317. The van der Waals surface area contributed by atoms with Gasteiger partial charge in [0, 0.05) is 19.3 Å². The minimum absolute atomic E-state index is 0.121. The van der Waals surface area contributed by atoms with Crippen LogP contribution in [0.15, 0.2) is 35.4 Å². The molecule has 0 radical (unpaired) electrons. The largest absolute Gasteiger partial charge is 0.494 e. The van der Waals surface area contributed by atoms with Gasteiger partial charge in [-0.2, -0.15) is 9.57 Å². The van der Waals surface area contributed by atoms with E-state index in [9.17, 15) is 13.5 Å². The van der Waals surface area contributed by atoms with Crippen LogP contribution in [0.4, 0.5) is 0 Å². The fraction of sp³-hybridized carbons (Fsp3) is 0.263. The first-order valence-electron chi connectivity index (χ1n) is 8.51. The maximum absolute atomic E-state index is 13.3. The molecule has 0 saturated heterocycles. The Bertz CT molecular complexity index is 1200. The quantitative estimate of drug-likeness (QED) is 0.734. The van der Waals surface area contributed by atoms with Crippen LogP contribution in [0.5, 0.6) is 5.88 Å². The second kappa shape index (κ2) is 6.08. The zero-order valence-electron chi connectivity index (χ0n) is 15.0. The first-order valence-corrected chi connectivity index (χ1v) is 9.95. The third-order valence-electron chi connectivity index (χ3n) is 4.99. The molecular formula is C19H18N4O3S. The summed E-state index contributed by atoms with van der Waals surface area (Å²) in [4.78, 5) is 4.56. The molecule has 1 N–H and O–H groups in total. The van der Waals surface area contributed by atoms with Gasteiger partial charge in [-0.05, 0) is 49.2 Å². The lowest BCUT2D eigenvalue weighted by atomic mass is 10.1. The molecule has 7 nitrogen and oxygen atoms in total. The number of nitrogens with zero attached hydrogens (tertiary/aromatic N) is 4. The summed E-state index contributed by atoms with van der Waals surface area (Å²) in [5, 5.41) is 20.1. The lowest BCUT2D eigenvalue weighted by Gasteiger charge is -2.29. The monoisotopic (exact) mass is 382 g/mol. The maximum Gasteiger partial charge on any atom is 0.244 e. The van der Waals surface area contributed by atoms with Crippen molar-refractivity contribution in [2.24, 2.45) is 0 Å². The number of aromatic nitrogens is 2. The second-order valence-corrected chi connectivity index (χ2v) is 8.59. The molecule has 138 valence electrons. The first kappa shape index (κ1) is 17.5. The summed E-state index contributed by atoms with van der Waals surface area (Å²) < 4.78 is 29.8. The van der Waals surface area contributed by atoms with E-state index in [0.717, 1.165) is 0 Å². The minimum atomic E-state index is -3.75. The average Bonchev–Trinajstić information content (AvgIpc) is 2.93. The third kappa shape index (κ3) is 2.59. The molecular weight excluding hydrogens is 364 g/mol. The molecule has 0 spiro atoms. The molecule has 0 fully saturated rings. The van der Waals surface area contributed by atoms with E-state index < -0.39 is 10.0 Å². The fourth-order valence-corrected chi connectivity index (χ4v) is 5.64. The van der Waals surface area contributed by atoms with E-state index >= 15 is 0 Å². The van der Waals surface area contributed by atoms with Gasteiger partial charge in [-0.1, -0.05) is 0 Å². The molecule has 0 bridgehead atoms. The van der Waals surface area contributed by atoms with Crippen LogP contribution in [0.2, 0.25) is 0 Å². The number of aromatic hydroxyl groups is 1. The number of fused-ring (bicyclic) bond motifs is 3. The summed E-state index contributed by atoms with van der Waals surface area (Å²) >= 11 is 0. The van der Waals surface area contributed by atoms with E-state index in [1.54, 1.807) is 48.9 Å². The Labute approximate surface area is 157 Å². The van der Waals surface area contributed by atoms with Gasteiger partial charge in [0.1, 0.15) is 0 Å². The second-order valence-electron chi connectivity index (χ2n) is 6.71. The normalized spacial score (nSPS) is 14.9. The highest BCUT2D eigenvalue weighted by atomic mass is 32.2. The number of hydrogen-bond acceptors (Lipinski definition) is 5. The molecule has 4 rings (SSSR count).